The Labute approximate surface area is 115 Å². The molecular weight excluding hydrogens is 262 g/mol. The van der Waals surface area contributed by atoms with Crippen LogP contribution in [0.3, 0.4) is 0 Å². The van der Waals surface area contributed by atoms with Crippen molar-refractivity contribution < 1.29 is 18.8 Å². The summed E-state index contributed by atoms with van der Waals surface area (Å²) in [4.78, 5) is 36.7. The van der Waals surface area contributed by atoms with E-state index in [1.165, 1.54) is 17.0 Å². The number of benzene rings is 1. The van der Waals surface area contributed by atoms with E-state index in [9.17, 15) is 18.8 Å². The minimum atomic E-state index is -0.657. The molecule has 1 saturated heterocycles. The molecule has 1 aromatic carbocycles. The highest BCUT2D eigenvalue weighted by Crippen LogP contribution is 2.26. The molecule has 0 bridgehead atoms. The van der Waals surface area contributed by atoms with Crippen LogP contribution in [0.5, 0.6) is 0 Å². The largest absolute Gasteiger partial charge is 0.322 e. The maximum absolute atomic E-state index is 13.5. The molecule has 1 atom stereocenters. The van der Waals surface area contributed by atoms with Crippen LogP contribution >= 0.6 is 0 Å². The zero-order valence-corrected chi connectivity index (χ0v) is 10.9. The number of fused-ring (bicyclic) bond motifs is 1. The second kappa shape index (κ2) is 4.43. The van der Waals surface area contributed by atoms with Gasteiger partial charge in [0.05, 0.1) is 0 Å². The van der Waals surface area contributed by atoms with Crippen molar-refractivity contribution >= 4 is 31.0 Å². The number of carbonyl (C=O) groups is 3. The molecule has 7 heteroatoms. The Bertz CT molecular complexity index is 647. The van der Waals surface area contributed by atoms with Crippen molar-refractivity contribution in [3.05, 3.63) is 29.1 Å². The minimum Gasteiger partial charge on any atom is -0.322 e. The fraction of sp³-hybridized carbons (Fsp3) is 0.308. The van der Waals surface area contributed by atoms with E-state index in [4.69, 9.17) is 0 Å². The van der Waals surface area contributed by atoms with Gasteiger partial charge in [-0.15, -0.1) is 0 Å². The maximum atomic E-state index is 13.5. The van der Waals surface area contributed by atoms with Crippen LogP contribution < -0.4 is 10.8 Å². The Hall–Kier alpha value is -2.18. The molecule has 2 aliphatic rings. The Balaban J connectivity index is 1.92. The van der Waals surface area contributed by atoms with Crippen molar-refractivity contribution in [2.45, 2.75) is 25.4 Å². The molecule has 20 heavy (non-hydrogen) atoms. The normalized spacial score (nSPS) is 21.9. The van der Waals surface area contributed by atoms with Crippen molar-refractivity contribution in [3.8, 4) is 0 Å². The fourth-order valence-corrected chi connectivity index (χ4v) is 2.76. The van der Waals surface area contributed by atoms with Gasteiger partial charge in [-0.3, -0.25) is 19.7 Å². The average molecular weight is 274 g/mol. The van der Waals surface area contributed by atoms with E-state index in [-0.39, 0.29) is 30.6 Å². The van der Waals surface area contributed by atoms with Gasteiger partial charge in [0.25, 0.3) is 5.91 Å². The molecule has 1 N–H and O–H groups in total. The van der Waals surface area contributed by atoms with Gasteiger partial charge in [-0.05, 0) is 29.6 Å². The smallest absolute Gasteiger partial charge is 0.255 e. The van der Waals surface area contributed by atoms with Crippen LogP contribution in [0.15, 0.2) is 12.1 Å². The standard InChI is InChI=1S/C13H12BFN2O3/c14-11-7-5-17(9-3-4-10(18)16-12(9)19)13(20)6(7)1-2-8(11)15/h1-2,9H,3-5,14H2,(H,16,18,19). The third-order valence-corrected chi connectivity index (χ3v) is 3.94. The molecule has 0 radical (unpaired) electrons. The van der Waals surface area contributed by atoms with Crippen LogP contribution in [-0.4, -0.2) is 36.5 Å². The monoisotopic (exact) mass is 274 g/mol. The molecule has 1 unspecified atom stereocenters. The van der Waals surface area contributed by atoms with E-state index in [0.29, 0.717) is 23.0 Å². The van der Waals surface area contributed by atoms with Gasteiger partial charge in [0.1, 0.15) is 19.7 Å². The van der Waals surface area contributed by atoms with Crippen molar-refractivity contribution in [2.75, 3.05) is 0 Å². The van der Waals surface area contributed by atoms with Gasteiger partial charge in [-0.1, -0.05) is 0 Å². The topological polar surface area (TPSA) is 66.5 Å². The highest BCUT2D eigenvalue weighted by molar-refractivity contribution is 6.34. The van der Waals surface area contributed by atoms with Crippen LogP contribution in [0, 0.1) is 5.82 Å². The molecule has 2 aliphatic heterocycles. The average Bonchev–Trinajstić information content (AvgIpc) is 2.72. The lowest BCUT2D eigenvalue weighted by Gasteiger charge is -2.29. The summed E-state index contributed by atoms with van der Waals surface area (Å²) >= 11 is 0. The first-order valence-corrected chi connectivity index (χ1v) is 6.41. The van der Waals surface area contributed by atoms with Crippen LogP contribution in [0.25, 0.3) is 0 Å². The number of nitrogens with one attached hydrogen (secondary N) is 1. The Morgan fingerprint density at radius 2 is 2.05 bits per heavy atom. The van der Waals surface area contributed by atoms with Gasteiger partial charge in [-0.2, -0.15) is 0 Å². The number of halogens is 1. The number of hydrogen-bond acceptors (Lipinski definition) is 3. The second-order valence-electron chi connectivity index (χ2n) is 5.10. The maximum Gasteiger partial charge on any atom is 0.255 e. The molecule has 0 saturated carbocycles. The van der Waals surface area contributed by atoms with Crippen molar-refractivity contribution in [3.63, 3.8) is 0 Å². The van der Waals surface area contributed by atoms with Gasteiger partial charge in [-0.25, -0.2) is 4.39 Å². The Kier molecular flexibility index (Phi) is 2.85. The molecule has 3 rings (SSSR count). The molecule has 3 amide bonds. The summed E-state index contributed by atoms with van der Waals surface area (Å²) < 4.78 is 13.5. The number of nitrogens with zero attached hydrogens (tertiary/aromatic N) is 1. The van der Waals surface area contributed by atoms with Crippen LogP contribution in [0.2, 0.25) is 0 Å². The lowest BCUT2D eigenvalue weighted by Crippen LogP contribution is -2.52. The lowest BCUT2D eigenvalue weighted by molar-refractivity contribution is -0.136. The highest BCUT2D eigenvalue weighted by atomic mass is 19.1. The van der Waals surface area contributed by atoms with E-state index in [1.807, 2.05) is 0 Å². The number of imide groups is 1. The third kappa shape index (κ3) is 1.81. The summed E-state index contributed by atoms with van der Waals surface area (Å²) in [5.41, 5.74) is 1.50. The second-order valence-corrected chi connectivity index (χ2v) is 5.10. The number of rotatable bonds is 1. The quantitative estimate of drug-likeness (QED) is 0.519. The molecule has 1 fully saturated rings. The van der Waals surface area contributed by atoms with E-state index < -0.39 is 11.9 Å². The summed E-state index contributed by atoms with van der Waals surface area (Å²) in [6, 6.07) is 2.06. The highest BCUT2D eigenvalue weighted by Gasteiger charge is 2.39. The first-order valence-electron chi connectivity index (χ1n) is 6.41. The van der Waals surface area contributed by atoms with Crippen LogP contribution in [-0.2, 0) is 16.1 Å². The molecule has 0 aromatic heterocycles. The van der Waals surface area contributed by atoms with Crippen molar-refractivity contribution in [2.24, 2.45) is 0 Å². The van der Waals surface area contributed by atoms with E-state index in [1.54, 1.807) is 7.85 Å². The number of carbonyl (C=O) groups excluding carboxylic acids is 3. The third-order valence-electron chi connectivity index (χ3n) is 3.94. The number of piperidine rings is 1. The van der Waals surface area contributed by atoms with Gasteiger partial charge in [0.15, 0.2) is 0 Å². The fourth-order valence-electron chi connectivity index (χ4n) is 2.76. The van der Waals surface area contributed by atoms with Crippen LogP contribution in [0.1, 0.15) is 28.8 Å². The summed E-state index contributed by atoms with van der Waals surface area (Å²) in [6.07, 6.45) is 0.524. The molecule has 2 heterocycles. The predicted molar refractivity (Wildman–Crippen MR) is 70.6 cm³/mol. The zero-order valence-electron chi connectivity index (χ0n) is 10.9. The Morgan fingerprint density at radius 3 is 2.75 bits per heavy atom. The van der Waals surface area contributed by atoms with E-state index >= 15 is 0 Å². The Morgan fingerprint density at radius 1 is 1.30 bits per heavy atom. The molecule has 1 aromatic rings. The summed E-state index contributed by atoms with van der Waals surface area (Å²) in [6.45, 7) is 0.212. The van der Waals surface area contributed by atoms with Gasteiger partial charge < -0.3 is 4.90 Å². The van der Waals surface area contributed by atoms with Gasteiger partial charge >= 0.3 is 0 Å². The predicted octanol–water partition coefficient (Wildman–Crippen LogP) is -1.15. The van der Waals surface area contributed by atoms with Crippen molar-refractivity contribution in [1.82, 2.24) is 10.2 Å². The van der Waals surface area contributed by atoms with Gasteiger partial charge in [0.2, 0.25) is 11.8 Å². The van der Waals surface area contributed by atoms with E-state index in [0.717, 1.165) is 0 Å². The van der Waals surface area contributed by atoms with Crippen molar-refractivity contribution in [1.29, 1.82) is 0 Å². The molecule has 0 spiro atoms. The summed E-state index contributed by atoms with van der Waals surface area (Å²) in [5, 5.41) is 2.23. The number of hydrogen-bond donors (Lipinski definition) is 1. The zero-order chi connectivity index (χ0) is 14.4. The minimum absolute atomic E-state index is 0.212. The summed E-state index contributed by atoms with van der Waals surface area (Å²) in [7, 11) is 1.62. The van der Waals surface area contributed by atoms with Gasteiger partial charge in [0, 0.05) is 18.5 Å². The SMILES string of the molecule is Bc1c(F)ccc2c1CN(C1CCC(=O)NC1=O)C2=O. The lowest BCUT2D eigenvalue weighted by atomic mass is 9.88. The summed E-state index contributed by atoms with van der Waals surface area (Å²) in [5.74, 6) is -1.42. The molecular formula is C13H12BFN2O3. The molecule has 5 nitrogen and oxygen atoms in total. The molecule has 102 valence electrons. The first-order chi connectivity index (χ1) is 9.49. The number of amides is 3. The molecule has 0 aliphatic carbocycles. The van der Waals surface area contributed by atoms with E-state index in [2.05, 4.69) is 5.32 Å². The van der Waals surface area contributed by atoms with Crippen LogP contribution in [0.4, 0.5) is 4.39 Å². The first kappa shape index (κ1) is 12.8.